The maximum Gasteiger partial charge on any atom is 0.233 e. The van der Waals surface area contributed by atoms with Crippen LogP contribution in [-0.4, -0.2) is 17.9 Å². The van der Waals surface area contributed by atoms with E-state index in [-0.39, 0.29) is 18.3 Å². The summed E-state index contributed by atoms with van der Waals surface area (Å²) in [5.74, 6) is -0.244. The molecule has 3 rings (SSSR count). The Morgan fingerprint density at radius 3 is 2.57 bits per heavy atom. The van der Waals surface area contributed by atoms with E-state index in [1.165, 1.54) is 6.07 Å². The van der Waals surface area contributed by atoms with Crippen molar-refractivity contribution >= 4 is 17.5 Å². The highest BCUT2D eigenvalue weighted by Gasteiger charge is 2.47. The van der Waals surface area contributed by atoms with E-state index in [9.17, 15) is 9.18 Å². The highest BCUT2D eigenvalue weighted by molar-refractivity contribution is 6.30. The standard InChI is InChI=1S/C19H19ClFNO/c1-22(13-14-6-2-3-9-17(14)21)18(23)19(10-5-11-19)15-7-4-8-16(20)12-15/h2-4,6-9,12H,5,10-11,13H2,1H3. The van der Waals surface area contributed by atoms with Crippen molar-refractivity contribution in [2.75, 3.05) is 7.05 Å². The number of hydrogen-bond donors (Lipinski definition) is 0. The fourth-order valence-corrected chi connectivity index (χ4v) is 3.45. The first-order chi connectivity index (χ1) is 11.0. The van der Waals surface area contributed by atoms with Gasteiger partial charge < -0.3 is 4.90 Å². The van der Waals surface area contributed by atoms with E-state index >= 15 is 0 Å². The Balaban J connectivity index is 1.84. The second-order valence-electron chi connectivity index (χ2n) is 6.20. The van der Waals surface area contributed by atoms with Gasteiger partial charge in [0.1, 0.15) is 5.82 Å². The molecule has 2 nitrogen and oxygen atoms in total. The number of carbonyl (C=O) groups excluding carboxylic acids is 1. The lowest BCUT2D eigenvalue weighted by Gasteiger charge is -2.43. The van der Waals surface area contributed by atoms with Crippen LogP contribution in [0.25, 0.3) is 0 Å². The minimum atomic E-state index is -0.509. The maximum atomic E-state index is 13.8. The molecule has 2 aromatic carbocycles. The number of halogens is 2. The molecule has 1 fully saturated rings. The van der Waals surface area contributed by atoms with Gasteiger partial charge in [-0.2, -0.15) is 0 Å². The van der Waals surface area contributed by atoms with Gasteiger partial charge in [0, 0.05) is 24.2 Å². The van der Waals surface area contributed by atoms with Gasteiger partial charge in [0.2, 0.25) is 5.91 Å². The topological polar surface area (TPSA) is 20.3 Å². The number of benzene rings is 2. The third-order valence-corrected chi connectivity index (χ3v) is 4.94. The molecular formula is C19H19ClFNO. The number of carbonyl (C=O) groups is 1. The molecule has 1 saturated carbocycles. The minimum Gasteiger partial charge on any atom is -0.341 e. The number of nitrogens with zero attached hydrogens (tertiary/aromatic N) is 1. The first-order valence-corrected chi connectivity index (χ1v) is 8.16. The fourth-order valence-electron chi connectivity index (χ4n) is 3.26. The summed E-state index contributed by atoms with van der Waals surface area (Å²) in [6, 6.07) is 14.1. The number of rotatable bonds is 4. The number of amides is 1. The van der Waals surface area contributed by atoms with Gasteiger partial charge in [-0.3, -0.25) is 4.79 Å². The molecule has 0 unspecified atom stereocenters. The molecule has 4 heteroatoms. The molecule has 0 N–H and O–H groups in total. The van der Waals surface area contributed by atoms with Crippen molar-refractivity contribution in [3.63, 3.8) is 0 Å². The van der Waals surface area contributed by atoms with E-state index in [1.807, 2.05) is 24.3 Å². The third-order valence-electron chi connectivity index (χ3n) is 4.71. The Bertz CT molecular complexity index is 727. The zero-order valence-electron chi connectivity index (χ0n) is 13.1. The van der Waals surface area contributed by atoms with Crippen molar-refractivity contribution in [1.29, 1.82) is 0 Å². The number of hydrogen-bond acceptors (Lipinski definition) is 1. The van der Waals surface area contributed by atoms with E-state index < -0.39 is 5.41 Å². The molecule has 1 aliphatic carbocycles. The van der Waals surface area contributed by atoms with Crippen molar-refractivity contribution < 1.29 is 9.18 Å². The molecule has 0 heterocycles. The van der Waals surface area contributed by atoms with Crippen molar-refractivity contribution in [2.24, 2.45) is 0 Å². The van der Waals surface area contributed by atoms with Gasteiger partial charge in [-0.05, 0) is 36.6 Å². The summed E-state index contributed by atoms with van der Waals surface area (Å²) < 4.78 is 13.8. The fraction of sp³-hybridized carbons (Fsp3) is 0.316. The molecule has 0 aliphatic heterocycles. The average molecular weight is 332 g/mol. The van der Waals surface area contributed by atoms with Crippen LogP contribution in [0.1, 0.15) is 30.4 Å². The largest absolute Gasteiger partial charge is 0.341 e. The lowest BCUT2D eigenvalue weighted by atomic mass is 9.63. The summed E-state index contributed by atoms with van der Waals surface area (Å²) in [5.41, 5.74) is 0.982. The molecular weight excluding hydrogens is 313 g/mol. The maximum absolute atomic E-state index is 13.8. The summed E-state index contributed by atoms with van der Waals surface area (Å²) in [6.07, 6.45) is 2.65. The van der Waals surface area contributed by atoms with Crippen LogP contribution in [0.2, 0.25) is 5.02 Å². The zero-order chi connectivity index (χ0) is 16.4. The first-order valence-electron chi connectivity index (χ1n) is 7.78. The Morgan fingerprint density at radius 2 is 1.96 bits per heavy atom. The van der Waals surface area contributed by atoms with Crippen LogP contribution >= 0.6 is 11.6 Å². The molecule has 0 atom stereocenters. The van der Waals surface area contributed by atoms with Crippen molar-refractivity contribution in [2.45, 2.75) is 31.2 Å². The lowest BCUT2D eigenvalue weighted by molar-refractivity contribution is -0.140. The minimum absolute atomic E-state index is 0.0364. The van der Waals surface area contributed by atoms with Crippen LogP contribution in [0, 0.1) is 5.82 Å². The van der Waals surface area contributed by atoms with Gasteiger partial charge in [-0.15, -0.1) is 0 Å². The second kappa shape index (κ2) is 6.32. The van der Waals surface area contributed by atoms with E-state index in [2.05, 4.69) is 0 Å². The van der Waals surface area contributed by atoms with Crippen LogP contribution in [0.15, 0.2) is 48.5 Å². The SMILES string of the molecule is CN(Cc1ccccc1F)C(=O)C1(c2cccc(Cl)c2)CCC1. The zero-order valence-corrected chi connectivity index (χ0v) is 13.8. The highest BCUT2D eigenvalue weighted by atomic mass is 35.5. The molecule has 1 amide bonds. The summed E-state index contributed by atoms with van der Waals surface area (Å²) >= 11 is 6.09. The van der Waals surface area contributed by atoms with Gasteiger partial charge in [0.05, 0.1) is 5.41 Å². The van der Waals surface area contributed by atoms with E-state index in [4.69, 9.17) is 11.6 Å². The van der Waals surface area contributed by atoms with Crippen LogP contribution in [-0.2, 0) is 16.8 Å². The smallest absolute Gasteiger partial charge is 0.233 e. The summed E-state index contributed by atoms with van der Waals surface area (Å²) in [6.45, 7) is 0.272. The Hall–Kier alpha value is -1.87. The molecule has 1 aliphatic rings. The van der Waals surface area contributed by atoms with Crippen LogP contribution in [0.3, 0.4) is 0 Å². The summed E-state index contributed by atoms with van der Waals surface area (Å²) in [4.78, 5) is 14.7. The van der Waals surface area contributed by atoms with Crippen LogP contribution < -0.4 is 0 Å². The lowest BCUT2D eigenvalue weighted by Crippen LogP contribution is -2.49. The Morgan fingerprint density at radius 1 is 1.22 bits per heavy atom. The van der Waals surface area contributed by atoms with Gasteiger partial charge in [0.15, 0.2) is 0 Å². The Kier molecular flexibility index (Phi) is 4.40. The van der Waals surface area contributed by atoms with Gasteiger partial charge in [-0.1, -0.05) is 48.4 Å². The first kappa shape index (κ1) is 16.0. The molecule has 0 saturated heterocycles. The normalized spacial score (nSPS) is 15.8. The highest BCUT2D eigenvalue weighted by Crippen LogP contribution is 2.45. The van der Waals surface area contributed by atoms with Gasteiger partial charge >= 0.3 is 0 Å². The van der Waals surface area contributed by atoms with Crippen molar-refractivity contribution in [3.05, 3.63) is 70.5 Å². The van der Waals surface area contributed by atoms with Crippen LogP contribution in [0.5, 0.6) is 0 Å². The summed E-state index contributed by atoms with van der Waals surface area (Å²) in [5, 5.41) is 0.637. The summed E-state index contributed by atoms with van der Waals surface area (Å²) in [7, 11) is 1.74. The van der Waals surface area contributed by atoms with Gasteiger partial charge in [-0.25, -0.2) is 4.39 Å². The van der Waals surface area contributed by atoms with E-state index in [1.54, 1.807) is 30.1 Å². The number of likely N-dealkylation sites (N-methyl/N-ethyl adjacent to an activating group) is 1. The average Bonchev–Trinajstić information content (AvgIpc) is 2.48. The molecule has 0 bridgehead atoms. The molecule has 0 aromatic heterocycles. The van der Waals surface area contributed by atoms with E-state index in [0.717, 1.165) is 24.8 Å². The second-order valence-corrected chi connectivity index (χ2v) is 6.64. The molecule has 0 radical (unpaired) electrons. The molecule has 2 aromatic rings. The molecule has 23 heavy (non-hydrogen) atoms. The molecule has 0 spiro atoms. The van der Waals surface area contributed by atoms with E-state index in [0.29, 0.717) is 10.6 Å². The predicted octanol–water partition coefficient (Wildman–Crippen LogP) is 4.56. The van der Waals surface area contributed by atoms with Gasteiger partial charge in [0.25, 0.3) is 0 Å². The predicted molar refractivity (Wildman–Crippen MR) is 89.9 cm³/mol. The Labute approximate surface area is 140 Å². The van der Waals surface area contributed by atoms with Crippen molar-refractivity contribution in [1.82, 2.24) is 4.90 Å². The third kappa shape index (κ3) is 2.98. The van der Waals surface area contributed by atoms with Crippen molar-refractivity contribution in [3.8, 4) is 0 Å². The monoisotopic (exact) mass is 331 g/mol. The van der Waals surface area contributed by atoms with Crippen LogP contribution in [0.4, 0.5) is 4.39 Å². The molecule has 120 valence electrons. The quantitative estimate of drug-likeness (QED) is 0.804.